The molecule has 0 saturated carbocycles. The molecule has 2 aromatic rings. The first-order valence-corrected chi connectivity index (χ1v) is 10.4. The van der Waals surface area contributed by atoms with E-state index in [-0.39, 0.29) is 28.4 Å². The molecule has 1 aliphatic heterocycles. The third-order valence-corrected chi connectivity index (χ3v) is 6.75. The Morgan fingerprint density at radius 3 is 2.67 bits per heavy atom. The third kappa shape index (κ3) is 3.66. The summed E-state index contributed by atoms with van der Waals surface area (Å²) in [5, 5.41) is 0. The molecule has 0 fully saturated rings. The van der Waals surface area contributed by atoms with Crippen molar-refractivity contribution in [3.8, 4) is 11.5 Å². The molecular weight excluding hydrogens is 465 g/mol. The van der Waals surface area contributed by atoms with E-state index in [0.717, 1.165) is 17.2 Å². The summed E-state index contributed by atoms with van der Waals surface area (Å²) >= 11 is 3.13. The molecule has 1 heterocycles. The van der Waals surface area contributed by atoms with Gasteiger partial charge < -0.3 is 14.2 Å². The predicted molar refractivity (Wildman–Crippen MR) is 107 cm³/mol. The lowest BCUT2D eigenvalue weighted by Gasteiger charge is -2.18. The summed E-state index contributed by atoms with van der Waals surface area (Å²) in [6, 6.07) is 8.05. The van der Waals surface area contributed by atoms with Gasteiger partial charge in [-0.3, -0.25) is 4.79 Å². The van der Waals surface area contributed by atoms with E-state index in [1.807, 2.05) is 19.1 Å². The Bertz CT molecular complexity index is 989. The Morgan fingerprint density at radius 2 is 1.97 bits per heavy atom. The summed E-state index contributed by atoms with van der Waals surface area (Å²) in [7, 11) is 1.36. The molecule has 4 nitrogen and oxygen atoms in total. The minimum atomic E-state index is -4.40. The fourth-order valence-electron chi connectivity index (χ4n) is 4.18. The fraction of sp³-hybridized carbons (Fsp3) is 0.409. The van der Waals surface area contributed by atoms with Crippen molar-refractivity contribution in [1.82, 2.24) is 0 Å². The number of methoxy groups -OCH3 is 1. The highest BCUT2D eigenvalue weighted by atomic mass is 79.9. The Balaban J connectivity index is 1.54. The number of alkyl halides is 3. The highest BCUT2D eigenvalue weighted by Gasteiger charge is 2.37. The van der Waals surface area contributed by atoms with Gasteiger partial charge in [0.2, 0.25) is 0 Å². The lowest BCUT2D eigenvalue weighted by atomic mass is 9.89. The molecule has 0 saturated heterocycles. The average molecular weight is 485 g/mol. The molecule has 4 rings (SSSR count). The van der Waals surface area contributed by atoms with Gasteiger partial charge in [-0.2, -0.15) is 13.2 Å². The first-order valence-electron chi connectivity index (χ1n) is 9.60. The number of carbonyl (C=O) groups excluding carboxylic acids is 1. The lowest BCUT2D eigenvalue weighted by molar-refractivity contribution is -0.145. The van der Waals surface area contributed by atoms with E-state index in [9.17, 15) is 18.0 Å². The summed E-state index contributed by atoms with van der Waals surface area (Å²) in [6.07, 6.45) is -3.63. The second-order valence-electron chi connectivity index (χ2n) is 7.57. The number of carbonyl (C=O) groups is 1. The highest BCUT2D eigenvalue weighted by Crippen LogP contribution is 2.45. The number of hydrogen-bond donors (Lipinski definition) is 0. The summed E-state index contributed by atoms with van der Waals surface area (Å²) in [4.78, 5) is 11.9. The van der Waals surface area contributed by atoms with Crippen LogP contribution in [0, 0.1) is 5.92 Å². The van der Waals surface area contributed by atoms with Crippen LogP contribution in [0.4, 0.5) is 13.2 Å². The Labute approximate surface area is 180 Å². The molecule has 2 aliphatic rings. The van der Waals surface area contributed by atoms with Gasteiger partial charge >= 0.3 is 12.1 Å². The molecule has 0 spiro atoms. The van der Waals surface area contributed by atoms with Crippen LogP contribution in [0.15, 0.2) is 34.8 Å². The summed E-state index contributed by atoms with van der Waals surface area (Å²) in [5.41, 5.74) is 1.65. The van der Waals surface area contributed by atoms with Gasteiger partial charge in [0.1, 0.15) is 17.6 Å². The van der Waals surface area contributed by atoms with E-state index in [2.05, 4.69) is 15.9 Å². The van der Waals surface area contributed by atoms with Crippen LogP contribution in [0.1, 0.15) is 47.6 Å². The zero-order chi connectivity index (χ0) is 21.6. The van der Waals surface area contributed by atoms with E-state index in [1.165, 1.54) is 13.2 Å². The number of ether oxygens (including phenoxy) is 3. The van der Waals surface area contributed by atoms with Gasteiger partial charge in [0.05, 0.1) is 25.2 Å². The topological polar surface area (TPSA) is 44.8 Å². The number of benzene rings is 2. The molecule has 1 unspecified atom stereocenters. The molecule has 30 heavy (non-hydrogen) atoms. The minimum Gasteiger partial charge on any atom is -0.492 e. The van der Waals surface area contributed by atoms with E-state index in [4.69, 9.17) is 14.2 Å². The molecule has 8 heteroatoms. The molecule has 1 aliphatic carbocycles. The van der Waals surface area contributed by atoms with Crippen molar-refractivity contribution in [2.24, 2.45) is 5.92 Å². The normalized spacial score (nSPS) is 20.9. The first kappa shape index (κ1) is 21.0. The van der Waals surface area contributed by atoms with E-state index in [0.29, 0.717) is 36.5 Å². The third-order valence-electron chi connectivity index (χ3n) is 5.85. The molecule has 0 amide bonds. The lowest BCUT2D eigenvalue weighted by Crippen LogP contribution is -2.21. The molecule has 0 radical (unpaired) electrons. The number of halogens is 4. The molecular formula is C22H20BrF3O4. The van der Waals surface area contributed by atoms with Crippen LogP contribution in [-0.2, 0) is 22.1 Å². The van der Waals surface area contributed by atoms with Gasteiger partial charge in [0, 0.05) is 22.0 Å². The van der Waals surface area contributed by atoms with Gasteiger partial charge in [-0.15, -0.1) is 0 Å². The van der Waals surface area contributed by atoms with E-state index >= 15 is 0 Å². The largest absolute Gasteiger partial charge is 0.492 e. The quantitative estimate of drug-likeness (QED) is 0.513. The Hall–Kier alpha value is -2.22. The Morgan fingerprint density at radius 1 is 1.23 bits per heavy atom. The second-order valence-corrected chi connectivity index (χ2v) is 8.36. The average Bonchev–Trinajstić information content (AvgIpc) is 3.30. The summed E-state index contributed by atoms with van der Waals surface area (Å²) in [6.45, 7) is 2.19. The van der Waals surface area contributed by atoms with Crippen LogP contribution >= 0.6 is 15.9 Å². The molecule has 0 bridgehead atoms. The molecule has 0 N–H and O–H groups in total. The van der Waals surface area contributed by atoms with Crippen molar-refractivity contribution in [2.45, 2.75) is 38.0 Å². The van der Waals surface area contributed by atoms with Crippen molar-refractivity contribution < 1.29 is 32.2 Å². The first-order chi connectivity index (χ1) is 14.2. The molecule has 3 atom stereocenters. The van der Waals surface area contributed by atoms with Crippen molar-refractivity contribution in [3.63, 3.8) is 0 Å². The number of rotatable bonds is 4. The van der Waals surface area contributed by atoms with Gasteiger partial charge in [0.25, 0.3) is 0 Å². The van der Waals surface area contributed by atoms with E-state index < -0.39 is 11.7 Å². The highest BCUT2D eigenvalue weighted by molar-refractivity contribution is 9.10. The van der Waals surface area contributed by atoms with Crippen LogP contribution in [0.5, 0.6) is 11.5 Å². The number of fused-ring (bicyclic) bond motifs is 2. The van der Waals surface area contributed by atoms with Gasteiger partial charge in [0.15, 0.2) is 0 Å². The number of esters is 1. The standard InChI is InChI=1S/C22H20BrF3O4/c1-11(21(27)28-2)16-10-29-19-9-12(3-4-14(16)19)30-18-8-6-15-13(18)5-7-17(20(15)23)22(24,25)26/h3-5,7,9,11,16,18H,6,8,10H2,1-2H3/t11-,16?,18+/m0/s1. The van der Waals surface area contributed by atoms with Crippen LogP contribution < -0.4 is 9.47 Å². The van der Waals surface area contributed by atoms with Crippen LogP contribution in [0.2, 0.25) is 0 Å². The van der Waals surface area contributed by atoms with E-state index in [1.54, 1.807) is 6.07 Å². The van der Waals surface area contributed by atoms with Crippen LogP contribution in [-0.4, -0.2) is 19.7 Å². The van der Waals surface area contributed by atoms with Gasteiger partial charge in [-0.25, -0.2) is 0 Å². The van der Waals surface area contributed by atoms with Crippen molar-refractivity contribution in [2.75, 3.05) is 13.7 Å². The van der Waals surface area contributed by atoms with Crippen molar-refractivity contribution >= 4 is 21.9 Å². The molecule has 2 aromatic carbocycles. The maximum Gasteiger partial charge on any atom is 0.417 e. The summed E-state index contributed by atoms with van der Waals surface area (Å²) < 4.78 is 56.2. The minimum absolute atomic E-state index is 0.0922. The smallest absolute Gasteiger partial charge is 0.417 e. The SMILES string of the molecule is COC(=O)[C@@H](C)C1COc2cc(O[C@@H]3CCc4c3ccc(C(F)(F)F)c4Br)ccc21. The van der Waals surface area contributed by atoms with Crippen LogP contribution in [0.25, 0.3) is 0 Å². The van der Waals surface area contributed by atoms with Crippen molar-refractivity contribution in [1.29, 1.82) is 0 Å². The number of hydrogen-bond acceptors (Lipinski definition) is 4. The van der Waals surface area contributed by atoms with Gasteiger partial charge in [-0.1, -0.05) is 19.1 Å². The predicted octanol–water partition coefficient (Wildman–Crippen LogP) is 5.82. The maximum atomic E-state index is 13.1. The summed E-state index contributed by atoms with van der Waals surface area (Å²) in [5.74, 6) is 0.521. The Kier molecular flexibility index (Phi) is 5.46. The zero-order valence-electron chi connectivity index (χ0n) is 16.4. The molecule has 0 aromatic heterocycles. The second kappa shape index (κ2) is 7.80. The maximum absolute atomic E-state index is 13.1. The fourth-order valence-corrected chi connectivity index (χ4v) is 4.97. The van der Waals surface area contributed by atoms with Crippen LogP contribution in [0.3, 0.4) is 0 Å². The molecule has 160 valence electrons. The van der Waals surface area contributed by atoms with Gasteiger partial charge in [-0.05, 0) is 52.0 Å². The zero-order valence-corrected chi connectivity index (χ0v) is 18.0. The monoisotopic (exact) mass is 484 g/mol. The van der Waals surface area contributed by atoms with Crippen molar-refractivity contribution in [3.05, 3.63) is 57.1 Å².